The Balaban J connectivity index is 0.00000243. The molecule has 0 radical (unpaired) electrons. The zero-order chi connectivity index (χ0) is 17.8. The van der Waals surface area contributed by atoms with E-state index in [0.717, 1.165) is 25.7 Å². The van der Waals surface area contributed by atoms with Crippen LogP contribution in [-0.2, 0) is 4.79 Å². The summed E-state index contributed by atoms with van der Waals surface area (Å²) in [5.41, 5.74) is 6.63. The molecule has 1 aliphatic carbocycles. The molecule has 2 unspecified atom stereocenters. The zero-order valence-electron chi connectivity index (χ0n) is 15.2. The lowest BCUT2D eigenvalue weighted by Gasteiger charge is -2.37. The largest absolute Gasteiger partial charge is 0.497 e. The van der Waals surface area contributed by atoms with Crippen LogP contribution < -0.4 is 10.5 Å². The minimum Gasteiger partial charge on any atom is -0.497 e. The number of ether oxygens (including phenoxy) is 1. The van der Waals surface area contributed by atoms with E-state index in [1.54, 1.807) is 19.2 Å². The highest BCUT2D eigenvalue weighted by molar-refractivity contribution is 5.94. The second-order valence-corrected chi connectivity index (χ2v) is 6.97. The number of hydrogen-bond donors (Lipinski definition) is 1. The van der Waals surface area contributed by atoms with Crippen molar-refractivity contribution in [3.8, 4) is 5.75 Å². The standard InChI is InChI=1S/C19H27N3O3.ClH/c1-25-17-7-3-5-15(13-17)19(24)22-10-8-21(9-11-22)18(23)14-4-2-6-16(20)12-14;/h3,5,7,13-14,16H,2,4,6,8-12,20H2,1H3;1H. The summed E-state index contributed by atoms with van der Waals surface area (Å²) in [6.45, 7) is 2.33. The van der Waals surface area contributed by atoms with Gasteiger partial charge in [0, 0.05) is 43.7 Å². The molecule has 26 heavy (non-hydrogen) atoms. The van der Waals surface area contributed by atoms with E-state index >= 15 is 0 Å². The maximum Gasteiger partial charge on any atom is 0.254 e. The van der Waals surface area contributed by atoms with Crippen molar-refractivity contribution in [3.63, 3.8) is 0 Å². The summed E-state index contributed by atoms with van der Waals surface area (Å²) in [6, 6.07) is 7.34. The molecule has 2 N–H and O–H groups in total. The predicted octanol–water partition coefficient (Wildman–Crippen LogP) is 1.92. The Kier molecular flexibility index (Phi) is 7.29. The molecule has 2 aliphatic rings. The Morgan fingerprint density at radius 2 is 1.81 bits per heavy atom. The monoisotopic (exact) mass is 381 g/mol. The normalized spacial score (nSPS) is 23.2. The molecule has 3 rings (SSSR count). The van der Waals surface area contributed by atoms with Crippen LogP contribution in [0.15, 0.2) is 24.3 Å². The molecule has 0 aromatic heterocycles. The molecular weight excluding hydrogens is 354 g/mol. The quantitative estimate of drug-likeness (QED) is 0.867. The van der Waals surface area contributed by atoms with Crippen LogP contribution in [0.1, 0.15) is 36.0 Å². The van der Waals surface area contributed by atoms with Gasteiger partial charge in [-0.15, -0.1) is 12.4 Å². The highest BCUT2D eigenvalue weighted by Crippen LogP contribution is 2.25. The third-order valence-corrected chi connectivity index (χ3v) is 5.26. The van der Waals surface area contributed by atoms with Crippen LogP contribution in [0.25, 0.3) is 0 Å². The first kappa shape index (κ1) is 20.5. The molecule has 2 atom stereocenters. The van der Waals surface area contributed by atoms with Crippen LogP contribution in [-0.4, -0.2) is 60.9 Å². The molecule has 1 aromatic carbocycles. The molecule has 144 valence electrons. The minimum absolute atomic E-state index is 0. The fourth-order valence-corrected chi connectivity index (χ4v) is 3.78. The summed E-state index contributed by atoms with van der Waals surface area (Å²) in [6.07, 6.45) is 3.79. The van der Waals surface area contributed by atoms with Crippen molar-refractivity contribution >= 4 is 24.2 Å². The van der Waals surface area contributed by atoms with Gasteiger partial charge in [0.05, 0.1) is 7.11 Å². The SMILES string of the molecule is COc1cccc(C(=O)N2CCN(C(=O)C3CCCC(N)C3)CC2)c1.Cl. The highest BCUT2D eigenvalue weighted by atomic mass is 35.5. The Morgan fingerprint density at radius 1 is 1.12 bits per heavy atom. The lowest BCUT2D eigenvalue weighted by molar-refractivity contribution is -0.138. The number of nitrogens with two attached hydrogens (primary N) is 1. The summed E-state index contributed by atoms with van der Waals surface area (Å²) in [5.74, 6) is 0.937. The van der Waals surface area contributed by atoms with E-state index in [1.807, 2.05) is 21.9 Å². The molecular formula is C19H28ClN3O3. The Morgan fingerprint density at radius 3 is 2.46 bits per heavy atom. The van der Waals surface area contributed by atoms with E-state index in [0.29, 0.717) is 37.5 Å². The third-order valence-electron chi connectivity index (χ3n) is 5.26. The van der Waals surface area contributed by atoms with Crippen LogP contribution in [0.5, 0.6) is 5.75 Å². The topological polar surface area (TPSA) is 75.9 Å². The van der Waals surface area contributed by atoms with Crippen molar-refractivity contribution in [1.29, 1.82) is 0 Å². The van der Waals surface area contributed by atoms with E-state index in [-0.39, 0.29) is 36.2 Å². The molecule has 1 aliphatic heterocycles. The van der Waals surface area contributed by atoms with Crippen LogP contribution in [0.3, 0.4) is 0 Å². The van der Waals surface area contributed by atoms with Crippen LogP contribution in [0, 0.1) is 5.92 Å². The number of nitrogens with zero attached hydrogens (tertiary/aromatic N) is 2. The smallest absolute Gasteiger partial charge is 0.254 e. The number of hydrogen-bond acceptors (Lipinski definition) is 4. The van der Waals surface area contributed by atoms with E-state index in [1.165, 1.54) is 0 Å². The maximum atomic E-state index is 12.7. The van der Waals surface area contributed by atoms with Crippen molar-refractivity contribution in [2.45, 2.75) is 31.7 Å². The fourth-order valence-electron chi connectivity index (χ4n) is 3.78. The summed E-state index contributed by atoms with van der Waals surface area (Å²) in [4.78, 5) is 29.0. The van der Waals surface area contributed by atoms with Crippen molar-refractivity contribution in [1.82, 2.24) is 9.80 Å². The lowest BCUT2D eigenvalue weighted by Crippen LogP contribution is -2.52. The van der Waals surface area contributed by atoms with Gasteiger partial charge in [0.2, 0.25) is 5.91 Å². The molecule has 2 fully saturated rings. The van der Waals surface area contributed by atoms with Gasteiger partial charge in [-0.2, -0.15) is 0 Å². The summed E-state index contributed by atoms with van der Waals surface area (Å²) < 4.78 is 5.18. The number of amides is 2. The van der Waals surface area contributed by atoms with Gasteiger partial charge >= 0.3 is 0 Å². The van der Waals surface area contributed by atoms with E-state index < -0.39 is 0 Å². The number of halogens is 1. The maximum absolute atomic E-state index is 12.7. The van der Waals surface area contributed by atoms with E-state index in [9.17, 15) is 9.59 Å². The molecule has 6 nitrogen and oxygen atoms in total. The molecule has 7 heteroatoms. The van der Waals surface area contributed by atoms with Crippen LogP contribution in [0.2, 0.25) is 0 Å². The number of carbonyl (C=O) groups excluding carboxylic acids is 2. The molecule has 1 aromatic rings. The van der Waals surface area contributed by atoms with Crippen molar-refractivity contribution in [3.05, 3.63) is 29.8 Å². The van der Waals surface area contributed by atoms with Gasteiger partial charge in [0.25, 0.3) is 5.91 Å². The predicted molar refractivity (Wildman–Crippen MR) is 103 cm³/mol. The van der Waals surface area contributed by atoms with E-state index in [2.05, 4.69) is 0 Å². The van der Waals surface area contributed by atoms with Gasteiger partial charge in [-0.05, 0) is 37.5 Å². The number of piperazine rings is 1. The average Bonchev–Trinajstić information content (AvgIpc) is 2.67. The lowest BCUT2D eigenvalue weighted by atomic mass is 9.85. The van der Waals surface area contributed by atoms with Crippen molar-refractivity contribution in [2.75, 3.05) is 33.3 Å². The Labute approximate surface area is 161 Å². The van der Waals surface area contributed by atoms with Gasteiger partial charge in [0.1, 0.15) is 5.75 Å². The highest BCUT2D eigenvalue weighted by Gasteiger charge is 2.31. The summed E-state index contributed by atoms with van der Waals surface area (Å²) in [5, 5.41) is 0. The zero-order valence-corrected chi connectivity index (χ0v) is 16.0. The summed E-state index contributed by atoms with van der Waals surface area (Å²) in [7, 11) is 1.59. The van der Waals surface area contributed by atoms with Crippen LogP contribution >= 0.6 is 12.4 Å². The second-order valence-electron chi connectivity index (χ2n) is 6.97. The average molecular weight is 382 g/mol. The molecule has 1 saturated carbocycles. The van der Waals surface area contributed by atoms with Crippen LogP contribution in [0.4, 0.5) is 0 Å². The van der Waals surface area contributed by atoms with E-state index in [4.69, 9.17) is 10.5 Å². The van der Waals surface area contributed by atoms with Gasteiger partial charge in [0.15, 0.2) is 0 Å². The Hall–Kier alpha value is -1.79. The first-order valence-corrected chi connectivity index (χ1v) is 9.06. The molecule has 1 heterocycles. The molecule has 1 saturated heterocycles. The fraction of sp³-hybridized carbons (Fsp3) is 0.579. The van der Waals surface area contributed by atoms with Crippen molar-refractivity contribution in [2.24, 2.45) is 11.7 Å². The van der Waals surface area contributed by atoms with Gasteiger partial charge < -0.3 is 20.3 Å². The number of benzene rings is 1. The van der Waals surface area contributed by atoms with Gasteiger partial charge in [-0.25, -0.2) is 0 Å². The molecule has 0 spiro atoms. The molecule has 2 amide bonds. The summed E-state index contributed by atoms with van der Waals surface area (Å²) >= 11 is 0. The minimum atomic E-state index is -0.00862. The van der Waals surface area contributed by atoms with Crippen molar-refractivity contribution < 1.29 is 14.3 Å². The first-order chi connectivity index (χ1) is 12.1. The first-order valence-electron chi connectivity index (χ1n) is 9.06. The molecule has 0 bridgehead atoms. The second kappa shape index (κ2) is 9.24. The van der Waals surface area contributed by atoms with Gasteiger partial charge in [-0.1, -0.05) is 12.5 Å². The number of rotatable bonds is 3. The number of methoxy groups -OCH3 is 1. The Bertz CT molecular complexity index is 632. The number of carbonyl (C=O) groups is 2. The van der Waals surface area contributed by atoms with Gasteiger partial charge in [-0.3, -0.25) is 9.59 Å². The third kappa shape index (κ3) is 4.68.